The SMILES string of the molecule is CCCNC(N)=NCc1ccc(OC2CCCC2)c(OC)c1. The number of ether oxygens (including phenoxy) is 2. The van der Waals surface area contributed by atoms with Crippen LogP contribution in [0.15, 0.2) is 23.2 Å². The molecule has 1 saturated carbocycles. The van der Waals surface area contributed by atoms with Crippen molar-refractivity contribution < 1.29 is 9.47 Å². The zero-order chi connectivity index (χ0) is 15.8. The smallest absolute Gasteiger partial charge is 0.188 e. The molecule has 5 nitrogen and oxygen atoms in total. The Balaban J connectivity index is 1.98. The third kappa shape index (κ3) is 4.83. The maximum atomic E-state index is 6.03. The van der Waals surface area contributed by atoms with Crippen LogP contribution in [0.2, 0.25) is 0 Å². The monoisotopic (exact) mass is 305 g/mol. The van der Waals surface area contributed by atoms with Gasteiger partial charge in [0.05, 0.1) is 19.8 Å². The van der Waals surface area contributed by atoms with Gasteiger partial charge in [0.25, 0.3) is 0 Å². The van der Waals surface area contributed by atoms with E-state index in [1.165, 1.54) is 12.8 Å². The normalized spacial score (nSPS) is 15.8. The number of guanidine groups is 1. The molecule has 0 amide bonds. The summed E-state index contributed by atoms with van der Waals surface area (Å²) in [5, 5.41) is 3.06. The molecular formula is C17H27N3O2. The Labute approximate surface area is 132 Å². The number of benzene rings is 1. The van der Waals surface area contributed by atoms with Crippen molar-refractivity contribution in [3.8, 4) is 11.5 Å². The highest BCUT2D eigenvalue weighted by molar-refractivity contribution is 5.77. The van der Waals surface area contributed by atoms with Crippen LogP contribution in [0.4, 0.5) is 0 Å². The molecule has 5 heteroatoms. The Morgan fingerprint density at radius 3 is 2.77 bits per heavy atom. The zero-order valence-electron chi connectivity index (χ0n) is 13.6. The van der Waals surface area contributed by atoms with E-state index < -0.39 is 0 Å². The molecule has 0 bridgehead atoms. The summed E-state index contributed by atoms with van der Waals surface area (Å²) in [4.78, 5) is 4.33. The molecule has 22 heavy (non-hydrogen) atoms. The van der Waals surface area contributed by atoms with Crippen LogP contribution in [-0.4, -0.2) is 25.7 Å². The fourth-order valence-electron chi connectivity index (χ4n) is 2.58. The van der Waals surface area contributed by atoms with E-state index in [1.54, 1.807) is 7.11 Å². The number of methoxy groups -OCH3 is 1. The summed E-state index contributed by atoms with van der Waals surface area (Å²) < 4.78 is 11.5. The standard InChI is InChI=1S/C17H27N3O2/c1-3-10-19-17(18)20-12-13-8-9-15(16(11-13)21-2)22-14-6-4-5-7-14/h8-9,11,14H,3-7,10,12H2,1-2H3,(H3,18,19,20). The van der Waals surface area contributed by atoms with Crippen molar-refractivity contribution in [3.63, 3.8) is 0 Å². The fourth-order valence-corrected chi connectivity index (χ4v) is 2.58. The van der Waals surface area contributed by atoms with Gasteiger partial charge in [-0.05, 0) is 49.8 Å². The molecule has 1 fully saturated rings. The van der Waals surface area contributed by atoms with Crippen molar-refractivity contribution >= 4 is 5.96 Å². The van der Waals surface area contributed by atoms with Crippen LogP contribution in [0.3, 0.4) is 0 Å². The lowest BCUT2D eigenvalue weighted by Crippen LogP contribution is -2.32. The number of hydrogen-bond donors (Lipinski definition) is 2. The van der Waals surface area contributed by atoms with E-state index in [0.29, 0.717) is 18.6 Å². The minimum atomic E-state index is 0.326. The molecule has 1 aliphatic carbocycles. The molecule has 0 radical (unpaired) electrons. The summed E-state index contributed by atoms with van der Waals surface area (Å²) in [7, 11) is 1.67. The van der Waals surface area contributed by atoms with Crippen molar-refractivity contribution in [2.24, 2.45) is 10.7 Å². The van der Waals surface area contributed by atoms with Gasteiger partial charge in [0.1, 0.15) is 0 Å². The van der Waals surface area contributed by atoms with Gasteiger partial charge in [0.15, 0.2) is 17.5 Å². The molecule has 3 N–H and O–H groups in total. The lowest BCUT2D eigenvalue weighted by molar-refractivity contribution is 0.200. The summed E-state index contributed by atoms with van der Waals surface area (Å²) in [6, 6.07) is 5.96. The first-order valence-electron chi connectivity index (χ1n) is 8.10. The highest BCUT2D eigenvalue weighted by Crippen LogP contribution is 2.32. The quantitative estimate of drug-likeness (QED) is 0.600. The molecule has 1 aromatic carbocycles. The van der Waals surface area contributed by atoms with Crippen molar-refractivity contribution in [2.45, 2.75) is 51.7 Å². The summed E-state index contributed by atoms with van der Waals surface area (Å²) in [6.45, 7) is 3.46. The molecule has 0 aromatic heterocycles. The first-order chi connectivity index (χ1) is 10.7. The van der Waals surface area contributed by atoms with Crippen LogP contribution in [-0.2, 0) is 6.54 Å². The summed E-state index contributed by atoms with van der Waals surface area (Å²) in [6.07, 6.45) is 6.13. The molecule has 2 rings (SSSR count). The molecule has 122 valence electrons. The van der Waals surface area contributed by atoms with Crippen molar-refractivity contribution in [1.29, 1.82) is 0 Å². The van der Waals surface area contributed by atoms with E-state index in [4.69, 9.17) is 15.2 Å². The first kappa shape index (κ1) is 16.5. The Hall–Kier alpha value is -1.91. The van der Waals surface area contributed by atoms with E-state index in [2.05, 4.69) is 17.2 Å². The van der Waals surface area contributed by atoms with Crippen molar-refractivity contribution in [3.05, 3.63) is 23.8 Å². The van der Waals surface area contributed by atoms with E-state index >= 15 is 0 Å². The van der Waals surface area contributed by atoms with Gasteiger partial charge in [-0.1, -0.05) is 13.0 Å². The van der Waals surface area contributed by atoms with Crippen LogP contribution >= 0.6 is 0 Å². The number of rotatable bonds is 7. The minimum Gasteiger partial charge on any atom is -0.493 e. The highest BCUT2D eigenvalue weighted by atomic mass is 16.5. The van der Waals surface area contributed by atoms with Crippen molar-refractivity contribution in [1.82, 2.24) is 5.32 Å². The molecule has 1 aliphatic rings. The van der Waals surface area contributed by atoms with Crippen LogP contribution < -0.4 is 20.5 Å². The maximum absolute atomic E-state index is 6.03. The predicted octanol–water partition coefficient (Wildman–Crippen LogP) is 2.83. The topological polar surface area (TPSA) is 68.9 Å². The Bertz CT molecular complexity index is 497. The summed E-state index contributed by atoms with van der Waals surface area (Å²) in [5.41, 5.74) is 6.85. The lowest BCUT2D eigenvalue weighted by Gasteiger charge is -2.16. The largest absolute Gasteiger partial charge is 0.493 e. The molecule has 0 unspecified atom stereocenters. The predicted molar refractivity (Wildman–Crippen MR) is 89.5 cm³/mol. The third-order valence-electron chi connectivity index (χ3n) is 3.81. The summed E-state index contributed by atoms with van der Waals surface area (Å²) in [5.74, 6) is 2.06. The molecule has 0 spiro atoms. The number of hydrogen-bond acceptors (Lipinski definition) is 3. The van der Waals surface area contributed by atoms with Crippen LogP contribution in [0, 0.1) is 0 Å². The van der Waals surface area contributed by atoms with Crippen molar-refractivity contribution in [2.75, 3.05) is 13.7 Å². The van der Waals surface area contributed by atoms with E-state index in [-0.39, 0.29) is 0 Å². The number of nitrogens with one attached hydrogen (secondary N) is 1. The lowest BCUT2D eigenvalue weighted by atomic mass is 10.2. The van der Waals surface area contributed by atoms with E-state index in [0.717, 1.165) is 42.9 Å². The van der Waals surface area contributed by atoms with Gasteiger partial charge >= 0.3 is 0 Å². The highest BCUT2D eigenvalue weighted by Gasteiger charge is 2.18. The molecule has 0 aliphatic heterocycles. The van der Waals surface area contributed by atoms with Crippen LogP contribution in [0.25, 0.3) is 0 Å². The van der Waals surface area contributed by atoms with Gasteiger partial charge in [0.2, 0.25) is 0 Å². The average molecular weight is 305 g/mol. The van der Waals surface area contributed by atoms with Gasteiger partial charge < -0.3 is 20.5 Å². The Kier molecular flexibility index (Phi) is 6.37. The molecule has 0 saturated heterocycles. The molecular weight excluding hydrogens is 278 g/mol. The molecule has 0 atom stereocenters. The van der Waals surface area contributed by atoms with Gasteiger partial charge in [-0.15, -0.1) is 0 Å². The average Bonchev–Trinajstić information content (AvgIpc) is 3.04. The van der Waals surface area contributed by atoms with Crippen LogP contribution in [0.1, 0.15) is 44.6 Å². The number of nitrogens with two attached hydrogens (primary N) is 1. The second-order valence-corrected chi connectivity index (χ2v) is 5.64. The van der Waals surface area contributed by atoms with Gasteiger partial charge in [-0.3, -0.25) is 0 Å². The van der Waals surface area contributed by atoms with Gasteiger partial charge in [-0.25, -0.2) is 4.99 Å². The molecule has 0 heterocycles. The Morgan fingerprint density at radius 1 is 1.32 bits per heavy atom. The zero-order valence-corrected chi connectivity index (χ0v) is 13.6. The fraction of sp³-hybridized carbons (Fsp3) is 0.588. The second kappa shape index (κ2) is 8.51. The van der Waals surface area contributed by atoms with E-state index in [1.807, 2.05) is 18.2 Å². The number of nitrogens with zero attached hydrogens (tertiary/aromatic N) is 1. The first-order valence-corrected chi connectivity index (χ1v) is 8.10. The third-order valence-corrected chi connectivity index (χ3v) is 3.81. The van der Waals surface area contributed by atoms with Gasteiger partial charge in [-0.2, -0.15) is 0 Å². The minimum absolute atomic E-state index is 0.326. The molecule has 1 aromatic rings. The number of aliphatic imine (C=N–C) groups is 1. The second-order valence-electron chi connectivity index (χ2n) is 5.64. The summed E-state index contributed by atoms with van der Waals surface area (Å²) >= 11 is 0. The van der Waals surface area contributed by atoms with E-state index in [9.17, 15) is 0 Å². The van der Waals surface area contributed by atoms with Crippen LogP contribution in [0.5, 0.6) is 11.5 Å². The maximum Gasteiger partial charge on any atom is 0.188 e. The van der Waals surface area contributed by atoms with Gasteiger partial charge in [0, 0.05) is 6.54 Å². The Morgan fingerprint density at radius 2 is 2.09 bits per heavy atom.